The number of nitrogens with zero attached hydrogens (tertiary/aromatic N) is 2. The Morgan fingerprint density at radius 2 is 2.36 bits per heavy atom. The Morgan fingerprint density at radius 3 is 2.93 bits per heavy atom. The molecule has 0 aliphatic carbocycles. The highest BCUT2D eigenvalue weighted by molar-refractivity contribution is 5.18. The van der Waals surface area contributed by atoms with Crippen molar-refractivity contribution in [3.05, 3.63) is 42.0 Å². The maximum absolute atomic E-state index is 9.02. The predicted molar refractivity (Wildman–Crippen MR) is 56.7 cm³/mol. The molecule has 0 spiro atoms. The molecule has 0 aliphatic heterocycles. The Balaban J connectivity index is 2.77. The first-order chi connectivity index (χ1) is 6.81. The molecule has 0 amide bonds. The number of aliphatic hydroxyl groups excluding tert-OH is 1. The van der Waals surface area contributed by atoms with Gasteiger partial charge in [-0.05, 0) is 19.4 Å². The summed E-state index contributed by atoms with van der Waals surface area (Å²) >= 11 is 0. The number of hydrogen-bond donors (Lipinski definition) is 1. The van der Waals surface area contributed by atoms with Gasteiger partial charge in [-0.1, -0.05) is 18.2 Å². The van der Waals surface area contributed by atoms with Crippen molar-refractivity contribution in [1.29, 1.82) is 0 Å². The minimum atomic E-state index is 0.0346. The summed E-state index contributed by atoms with van der Waals surface area (Å²) in [6, 6.07) is 0. The molecule has 0 unspecified atom stereocenters. The molecule has 1 heterocycles. The lowest BCUT2D eigenvalue weighted by atomic mass is 10.2. The summed E-state index contributed by atoms with van der Waals surface area (Å²) < 4.78 is 1.94. The number of rotatable bonds is 4. The van der Waals surface area contributed by atoms with Crippen LogP contribution in [0.1, 0.15) is 19.5 Å². The van der Waals surface area contributed by atoms with Crippen LogP contribution >= 0.6 is 0 Å². The standard InChI is InChI=1S/C11H16N2O/c1-3-5-10(4-2)7-13-9-12-6-11(13)8-14/h3-6,9,14H,7-8H2,1-2H3/b5-3-,10-4+. The number of allylic oxidation sites excluding steroid dienone is 4. The molecule has 14 heavy (non-hydrogen) atoms. The van der Waals surface area contributed by atoms with E-state index >= 15 is 0 Å². The van der Waals surface area contributed by atoms with Crippen LogP contribution in [0, 0.1) is 0 Å². The molecule has 0 fully saturated rings. The smallest absolute Gasteiger partial charge is 0.0952 e. The molecule has 1 rings (SSSR count). The maximum Gasteiger partial charge on any atom is 0.0952 e. The van der Waals surface area contributed by atoms with Gasteiger partial charge in [0.2, 0.25) is 0 Å². The summed E-state index contributed by atoms with van der Waals surface area (Å²) in [4.78, 5) is 3.99. The summed E-state index contributed by atoms with van der Waals surface area (Å²) in [5.41, 5.74) is 2.05. The average Bonchev–Trinajstić information content (AvgIpc) is 2.64. The van der Waals surface area contributed by atoms with E-state index in [4.69, 9.17) is 5.11 Å². The predicted octanol–water partition coefficient (Wildman–Crippen LogP) is 1.90. The monoisotopic (exact) mass is 192 g/mol. The number of aromatic nitrogens is 2. The molecule has 0 aromatic carbocycles. The largest absolute Gasteiger partial charge is 0.390 e. The lowest BCUT2D eigenvalue weighted by Gasteiger charge is -2.06. The fraction of sp³-hybridized carbons (Fsp3) is 0.364. The van der Waals surface area contributed by atoms with Crippen molar-refractivity contribution in [1.82, 2.24) is 9.55 Å². The molecular weight excluding hydrogens is 176 g/mol. The summed E-state index contributed by atoms with van der Waals surface area (Å²) in [7, 11) is 0. The zero-order valence-electron chi connectivity index (χ0n) is 8.64. The van der Waals surface area contributed by atoms with E-state index in [9.17, 15) is 0 Å². The van der Waals surface area contributed by atoms with Crippen LogP contribution in [0.2, 0.25) is 0 Å². The van der Waals surface area contributed by atoms with E-state index in [-0.39, 0.29) is 6.61 Å². The van der Waals surface area contributed by atoms with Gasteiger partial charge in [0.15, 0.2) is 0 Å². The van der Waals surface area contributed by atoms with Gasteiger partial charge < -0.3 is 9.67 Å². The second kappa shape index (κ2) is 5.40. The first-order valence-electron chi connectivity index (χ1n) is 4.69. The van der Waals surface area contributed by atoms with Crippen LogP contribution in [0.5, 0.6) is 0 Å². The summed E-state index contributed by atoms with van der Waals surface area (Å²) in [5, 5.41) is 9.02. The highest BCUT2D eigenvalue weighted by Crippen LogP contribution is 2.06. The van der Waals surface area contributed by atoms with Crippen molar-refractivity contribution in [2.24, 2.45) is 0 Å². The van der Waals surface area contributed by atoms with E-state index in [1.54, 1.807) is 12.5 Å². The van der Waals surface area contributed by atoms with E-state index in [0.717, 1.165) is 12.2 Å². The van der Waals surface area contributed by atoms with Gasteiger partial charge in [0.05, 0.1) is 24.8 Å². The molecule has 0 saturated heterocycles. The quantitative estimate of drug-likeness (QED) is 0.740. The molecule has 0 aliphatic rings. The Bertz CT molecular complexity index is 337. The van der Waals surface area contributed by atoms with Crippen LogP contribution in [0.25, 0.3) is 0 Å². The maximum atomic E-state index is 9.02. The van der Waals surface area contributed by atoms with E-state index in [0.29, 0.717) is 0 Å². The molecule has 76 valence electrons. The average molecular weight is 192 g/mol. The third-order valence-corrected chi connectivity index (χ3v) is 2.06. The second-order valence-electron chi connectivity index (χ2n) is 3.03. The minimum absolute atomic E-state index is 0.0346. The lowest BCUT2D eigenvalue weighted by Crippen LogP contribution is -2.03. The molecule has 3 heteroatoms. The van der Waals surface area contributed by atoms with Crippen molar-refractivity contribution >= 4 is 0 Å². The van der Waals surface area contributed by atoms with Crippen molar-refractivity contribution in [3.8, 4) is 0 Å². The molecule has 0 atom stereocenters. The van der Waals surface area contributed by atoms with Crippen LogP contribution in [-0.2, 0) is 13.2 Å². The summed E-state index contributed by atoms with van der Waals surface area (Å²) in [6.07, 6.45) is 9.54. The number of imidazole rings is 1. The third kappa shape index (κ3) is 2.57. The van der Waals surface area contributed by atoms with Crippen LogP contribution in [0.4, 0.5) is 0 Å². The summed E-state index contributed by atoms with van der Waals surface area (Å²) in [5.74, 6) is 0. The Morgan fingerprint density at radius 1 is 1.57 bits per heavy atom. The van der Waals surface area contributed by atoms with Gasteiger partial charge in [-0.2, -0.15) is 0 Å². The Hall–Kier alpha value is -1.35. The van der Waals surface area contributed by atoms with Crippen LogP contribution in [0.15, 0.2) is 36.3 Å². The van der Waals surface area contributed by atoms with Crippen LogP contribution in [-0.4, -0.2) is 14.7 Å². The van der Waals surface area contributed by atoms with Crippen molar-refractivity contribution in [2.75, 3.05) is 0 Å². The van der Waals surface area contributed by atoms with E-state index in [1.807, 2.05) is 24.5 Å². The van der Waals surface area contributed by atoms with Crippen molar-refractivity contribution in [3.63, 3.8) is 0 Å². The molecule has 3 nitrogen and oxygen atoms in total. The van der Waals surface area contributed by atoms with E-state index in [1.165, 1.54) is 5.57 Å². The molecular formula is C11H16N2O. The van der Waals surface area contributed by atoms with Crippen LogP contribution in [0.3, 0.4) is 0 Å². The summed E-state index contributed by atoms with van der Waals surface area (Å²) in [6.45, 7) is 4.79. The fourth-order valence-electron chi connectivity index (χ4n) is 1.27. The van der Waals surface area contributed by atoms with Gasteiger partial charge in [-0.15, -0.1) is 0 Å². The lowest BCUT2D eigenvalue weighted by molar-refractivity contribution is 0.271. The highest BCUT2D eigenvalue weighted by Gasteiger charge is 2.00. The number of hydrogen-bond acceptors (Lipinski definition) is 2. The van der Waals surface area contributed by atoms with Gasteiger partial charge in [0.25, 0.3) is 0 Å². The van der Waals surface area contributed by atoms with Gasteiger partial charge in [-0.3, -0.25) is 0 Å². The second-order valence-corrected chi connectivity index (χ2v) is 3.03. The molecule has 0 saturated carbocycles. The highest BCUT2D eigenvalue weighted by atomic mass is 16.3. The Labute approximate surface area is 84.4 Å². The fourth-order valence-corrected chi connectivity index (χ4v) is 1.27. The van der Waals surface area contributed by atoms with Gasteiger partial charge in [-0.25, -0.2) is 4.98 Å². The first-order valence-corrected chi connectivity index (χ1v) is 4.69. The molecule has 1 aromatic rings. The zero-order chi connectivity index (χ0) is 10.4. The van der Waals surface area contributed by atoms with E-state index in [2.05, 4.69) is 17.1 Å². The van der Waals surface area contributed by atoms with Gasteiger partial charge in [0.1, 0.15) is 0 Å². The third-order valence-electron chi connectivity index (χ3n) is 2.06. The van der Waals surface area contributed by atoms with Gasteiger partial charge in [0, 0.05) is 6.54 Å². The topological polar surface area (TPSA) is 38.0 Å². The van der Waals surface area contributed by atoms with Crippen LogP contribution < -0.4 is 0 Å². The normalized spacial score (nSPS) is 12.6. The van der Waals surface area contributed by atoms with E-state index < -0.39 is 0 Å². The molecule has 0 bridgehead atoms. The first kappa shape index (κ1) is 10.7. The molecule has 1 N–H and O–H groups in total. The van der Waals surface area contributed by atoms with Crippen molar-refractivity contribution < 1.29 is 5.11 Å². The molecule has 1 aromatic heterocycles. The minimum Gasteiger partial charge on any atom is -0.390 e. The SMILES string of the molecule is C/C=C\C(=C/C)Cn1cncc1CO. The van der Waals surface area contributed by atoms with Crippen molar-refractivity contribution in [2.45, 2.75) is 27.0 Å². The molecule has 0 radical (unpaired) electrons. The Kier molecular flexibility index (Phi) is 4.13. The van der Waals surface area contributed by atoms with Gasteiger partial charge >= 0.3 is 0 Å². The number of aliphatic hydroxyl groups is 1. The zero-order valence-corrected chi connectivity index (χ0v) is 8.64.